The highest BCUT2D eigenvalue weighted by molar-refractivity contribution is 5.96. The molecule has 31 heavy (non-hydrogen) atoms. The van der Waals surface area contributed by atoms with E-state index in [4.69, 9.17) is 4.98 Å². The third-order valence-electron chi connectivity index (χ3n) is 5.18. The van der Waals surface area contributed by atoms with E-state index in [0.717, 1.165) is 33.2 Å². The van der Waals surface area contributed by atoms with Crippen LogP contribution >= 0.6 is 0 Å². The van der Waals surface area contributed by atoms with Crippen LogP contribution in [0.15, 0.2) is 55.1 Å². The molecule has 5 aromatic heterocycles. The number of nitrogens with one attached hydrogen (secondary N) is 3. The fraction of sp³-hybridized carbons (Fsp3) is 0.0455. The maximum absolute atomic E-state index is 14.0. The lowest BCUT2D eigenvalue weighted by Gasteiger charge is -2.03. The molecule has 0 saturated heterocycles. The van der Waals surface area contributed by atoms with Gasteiger partial charge in [0.15, 0.2) is 5.82 Å². The van der Waals surface area contributed by atoms with E-state index >= 15 is 0 Å². The number of aryl methyl sites for hydroxylation is 1. The molecule has 0 aliphatic rings. The summed E-state index contributed by atoms with van der Waals surface area (Å²) in [5.41, 5.74) is 6.68. The lowest BCUT2D eigenvalue weighted by atomic mass is 10.1. The van der Waals surface area contributed by atoms with E-state index in [0.29, 0.717) is 28.3 Å². The molecule has 0 amide bonds. The van der Waals surface area contributed by atoms with Crippen molar-refractivity contribution in [2.75, 3.05) is 0 Å². The normalized spacial score (nSPS) is 11.5. The summed E-state index contributed by atoms with van der Waals surface area (Å²) in [5.74, 6) is 0.287. The number of nitrogens with zero attached hydrogens (tertiary/aromatic N) is 5. The zero-order chi connectivity index (χ0) is 20.9. The molecular weight excluding hydrogens is 395 g/mol. The molecule has 150 valence electrons. The summed E-state index contributed by atoms with van der Waals surface area (Å²) >= 11 is 0. The average Bonchev–Trinajstić information content (AvgIpc) is 3.50. The number of H-pyrrole nitrogens is 3. The van der Waals surface area contributed by atoms with Crippen LogP contribution in [0, 0.1) is 12.7 Å². The quantitative estimate of drug-likeness (QED) is 0.400. The molecule has 3 N–H and O–H groups in total. The molecular formula is C22H15FN8. The van der Waals surface area contributed by atoms with Crippen LogP contribution in [-0.2, 0) is 0 Å². The Kier molecular flexibility index (Phi) is 3.69. The zero-order valence-corrected chi connectivity index (χ0v) is 16.3. The lowest BCUT2D eigenvalue weighted by Crippen LogP contribution is -1.88. The van der Waals surface area contributed by atoms with E-state index in [1.807, 2.05) is 25.1 Å². The van der Waals surface area contributed by atoms with Gasteiger partial charge in [-0.25, -0.2) is 9.37 Å². The molecule has 0 saturated carbocycles. The Morgan fingerprint density at radius 3 is 2.71 bits per heavy atom. The third-order valence-corrected chi connectivity index (χ3v) is 5.18. The maximum Gasteiger partial charge on any atom is 0.159 e. The maximum atomic E-state index is 14.0. The number of halogens is 1. The van der Waals surface area contributed by atoms with Crippen LogP contribution in [0.4, 0.5) is 4.39 Å². The van der Waals surface area contributed by atoms with Crippen molar-refractivity contribution in [2.24, 2.45) is 0 Å². The van der Waals surface area contributed by atoms with Crippen molar-refractivity contribution in [3.05, 3.63) is 66.5 Å². The van der Waals surface area contributed by atoms with Crippen molar-refractivity contribution in [3.63, 3.8) is 0 Å². The topological polar surface area (TPSA) is 112 Å². The average molecular weight is 410 g/mol. The van der Waals surface area contributed by atoms with Crippen LogP contribution in [0.1, 0.15) is 5.56 Å². The van der Waals surface area contributed by atoms with Gasteiger partial charge in [0.05, 0.1) is 34.8 Å². The molecule has 0 spiro atoms. The first-order chi connectivity index (χ1) is 15.2. The Morgan fingerprint density at radius 2 is 1.87 bits per heavy atom. The molecule has 0 radical (unpaired) electrons. The first kappa shape index (κ1) is 17.5. The van der Waals surface area contributed by atoms with Gasteiger partial charge in [-0.2, -0.15) is 10.2 Å². The van der Waals surface area contributed by atoms with Gasteiger partial charge >= 0.3 is 0 Å². The van der Waals surface area contributed by atoms with Crippen LogP contribution < -0.4 is 0 Å². The van der Waals surface area contributed by atoms with Crippen molar-refractivity contribution >= 4 is 21.9 Å². The minimum atomic E-state index is -0.304. The van der Waals surface area contributed by atoms with E-state index in [9.17, 15) is 4.39 Å². The number of hydrogen-bond acceptors (Lipinski definition) is 5. The highest BCUT2D eigenvalue weighted by Gasteiger charge is 2.17. The van der Waals surface area contributed by atoms with Gasteiger partial charge in [0, 0.05) is 28.9 Å². The smallest absolute Gasteiger partial charge is 0.159 e. The van der Waals surface area contributed by atoms with Crippen molar-refractivity contribution in [2.45, 2.75) is 6.92 Å². The Balaban J connectivity index is 1.53. The van der Waals surface area contributed by atoms with Crippen LogP contribution in [0.3, 0.4) is 0 Å². The van der Waals surface area contributed by atoms with Crippen molar-refractivity contribution in [1.29, 1.82) is 0 Å². The Hall–Kier alpha value is -4.40. The summed E-state index contributed by atoms with van der Waals surface area (Å²) in [4.78, 5) is 17.0. The molecule has 0 aliphatic heterocycles. The molecule has 0 aliphatic carbocycles. The molecule has 0 atom stereocenters. The van der Waals surface area contributed by atoms with Crippen molar-refractivity contribution in [3.8, 4) is 34.0 Å². The first-order valence-electron chi connectivity index (χ1n) is 9.61. The Morgan fingerprint density at radius 1 is 0.935 bits per heavy atom. The summed E-state index contributed by atoms with van der Waals surface area (Å²) in [5, 5.41) is 15.1. The van der Waals surface area contributed by atoms with E-state index in [1.165, 1.54) is 12.1 Å². The molecule has 0 fully saturated rings. The van der Waals surface area contributed by atoms with Gasteiger partial charge < -0.3 is 4.98 Å². The van der Waals surface area contributed by atoms with Crippen LogP contribution in [0.2, 0.25) is 0 Å². The largest absolute Gasteiger partial charge is 0.336 e. The zero-order valence-electron chi connectivity index (χ0n) is 16.3. The molecule has 6 aromatic rings. The number of benzene rings is 1. The third kappa shape index (κ3) is 2.86. The highest BCUT2D eigenvalue weighted by atomic mass is 19.1. The van der Waals surface area contributed by atoms with E-state index in [2.05, 4.69) is 35.3 Å². The van der Waals surface area contributed by atoms with Crippen molar-refractivity contribution < 1.29 is 4.39 Å². The molecule has 1 aromatic carbocycles. The Bertz CT molecular complexity index is 1540. The van der Waals surface area contributed by atoms with Crippen LogP contribution in [0.25, 0.3) is 56.0 Å². The van der Waals surface area contributed by atoms with Gasteiger partial charge in [0.2, 0.25) is 0 Å². The molecule has 0 bridgehead atoms. The molecule has 5 heterocycles. The van der Waals surface area contributed by atoms with E-state index in [-0.39, 0.29) is 5.82 Å². The predicted octanol–water partition coefficient (Wildman–Crippen LogP) is 4.40. The molecule has 8 nitrogen and oxygen atoms in total. The predicted molar refractivity (Wildman–Crippen MR) is 114 cm³/mol. The van der Waals surface area contributed by atoms with Gasteiger partial charge in [-0.15, -0.1) is 0 Å². The summed E-state index contributed by atoms with van der Waals surface area (Å²) in [6.07, 6.45) is 6.92. The first-order valence-corrected chi connectivity index (χ1v) is 9.61. The van der Waals surface area contributed by atoms with Gasteiger partial charge in [0.25, 0.3) is 0 Å². The summed E-state index contributed by atoms with van der Waals surface area (Å²) < 4.78 is 14.0. The van der Waals surface area contributed by atoms with Crippen LogP contribution in [0.5, 0.6) is 0 Å². The number of rotatable bonds is 3. The summed E-state index contributed by atoms with van der Waals surface area (Å²) in [6, 6.07) is 8.64. The minimum Gasteiger partial charge on any atom is -0.336 e. The monoisotopic (exact) mass is 410 g/mol. The number of aromatic amines is 3. The second kappa shape index (κ2) is 6.56. The minimum absolute atomic E-state index is 0.304. The van der Waals surface area contributed by atoms with Crippen LogP contribution in [-0.4, -0.2) is 40.3 Å². The standard InChI is InChI=1S/C22H15FN8/c1-11-4-12(6-14(23)5-11)19-21-16(2-3-24-19)28-22(29-21)20-15-7-17(13-8-26-27-9-13)25-10-18(15)30-31-20/h2-10H,1H3,(H,26,27)(H,28,29)(H,30,31). The van der Waals surface area contributed by atoms with Gasteiger partial charge in [-0.1, -0.05) is 0 Å². The van der Waals surface area contributed by atoms with Gasteiger partial charge in [-0.05, 0) is 42.8 Å². The number of pyridine rings is 2. The number of imidazole rings is 1. The Labute approximate surface area is 174 Å². The van der Waals surface area contributed by atoms with E-state index < -0.39 is 0 Å². The summed E-state index contributed by atoms with van der Waals surface area (Å²) in [6.45, 7) is 1.85. The highest BCUT2D eigenvalue weighted by Crippen LogP contribution is 2.31. The number of fused-ring (bicyclic) bond motifs is 2. The van der Waals surface area contributed by atoms with Gasteiger partial charge in [0.1, 0.15) is 17.0 Å². The second-order valence-corrected chi connectivity index (χ2v) is 7.33. The molecule has 6 rings (SSSR count). The van der Waals surface area contributed by atoms with Gasteiger partial charge in [-0.3, -0.25) is 20.2 Å². The SMILES string of the molecule is Cc1cc(F)cc(-c2nccc3[nH]c(-c4n[nH]c5cnc(-c6cn[nH]c6)cc45)nc23)c1. The fourth-order valence-corrected chi connectivity index (χ4v) is 3.78. The number of aromatic nitrogens is 8. The van der Waals surface area contributed by atoms with E-state index in [1.54, 1.807) is 24.8 Å². The molecule has 9 heteroatoms. The second-order valence-electron chi connectivity index (χ2n) is 7.33. The number of hydrogen-bond donors (Lipinski definition) is 3. The summed E-state index contributed by atoms with van der Waals surface area (Å²) in [7, 11) is 0. The lowest BCUT2D eigenvalue weighted by molar-refractivity contribution is 0.627. The fourth-order valence-electron chi connectivity index (χ4n) is 3.78. The molecule has 0 unspecified atom stereocenters. The van der Waals surface area contributed by atoms with Crippen molar-refractivity contribution in [1.82, 2.24) is 40.3 Å².